The lowest BCUT2D eigenvalue weighted by Gasteiger charge is -2.19. The van der Waals surface area contributed by atoms with Crippen LogP contribution in [0.1, 0.15) is 29.7 Å². The summed E-state index contributed by atoms with van der Waals surface area (Å²) in [6, 6.07) is 12.3. The minimum absolute atomic E-state index is 0.0698. The fraction of sp³-hybridized carbons (Fsp3) is 0.368. The number of nitrogens with one attached hydrogen (secondary N) is 1. The van der Waals surface area contributed by atoms with Crippen LogP contribution >= 0.6 is 0 Å². The Labute approximate surface area is 145 Å². The van der Waals surface area contributed by atoms with Crippen LogP contribution in [0.4, 0.5) is 13.2 Å². The molecule has 0 unspecified atom stereocenters. The van der Waals surface area contributed by atoms with Crippen molar-refractivity contribution >= 4 is 0 Å². The summed E-state index contributed by atoms with van der Waals surface area (Å²) >= 11 is 0. The summed E-state index contributed by atoms with van der Waals surface area (Å²) in [6.45, 7) is 2.23. The molecule has 136 valence electrons. The van der Waals surface area contributed by atoms with Crippen molar-refractivity contribution in [2.24, 2.45) is 0 Å². The summed E-state index contributed by atoms with van der Waals surface area (Å²) in [6.07, 6.45) is -4.53. The predicted molar refractivity (Wildman–Crippen MR) is 90.6 cm³/mol. The molecule has 0 aliphatic rings. The van der Waals surface area contributed by atoms with Gasteiger partial charge < -0.3 is 15.2 Å². The molecule has 0 spiro atoms. The molecule has 25 heavy (non-hydrogen) atoms. The molecule has 0 heterocycles. The molecule has 0 radical (unpaired) electrons. The van der Waals surface area contributed by atoms with Crippen molar-refractivity contribution in [3.8, 4) is 5.75 Å². The standard InChI is InChI=1S/C19H22F3NO2/c1-13(11-15-5-3-4-6-18(15)25-2)23-12-17(24)14-7-9-16(10-8-14)19(20,21)22/h3-10,13,17,23-24H,11-12H2,1-2H3/t13-,17+/m1/s1. The number of hydrogen-bond acceptors (Lipinski definition) is 3. The Morgan fingerprint density at radius 3 is 2.32 bits per heavy atom. The van der Waals surface area contributed by atoms with Crippen LogP contribution in [0, 0.1) is 0 Å². The average molecular weight is 353 g/mol. The van der Waals surface area contributed by atoms with Crippen LogP contribution in [0.25, 0.3) is 0 Å². The number of alkyl halides is 3. The third kappa shape index (κ3) is 5.47. The van der Waals surface area contributed by atoms with E-state index in [1.165, 1.54) is 12.1 Å². The first-order valence-corrected chi connectivity index (χ1v) is 8.01. The zero-order valence-corrected chi connectivity index (χ0v) is 14.2. The topological polar surface area (TPSA) is 41.5 Å². The number of halogens is 3. The number of methoxy groups -OCH3 is 1. The maximum absolute atomic E-state index is 12.6. The lowest BCUT2D eigenvalue weighted by atomic mass is 10.0. The zero-order chi connectivity index (χ0) is 18.4. The second-order valence-corrected chi connectivity index (χ2v) is 5.96. The van der Waals surface area contributed by atoms with Gasteiger partial charge >= 0.3 is 6.18 Å². The fourth-order valence-electron chi connectivity index (χ4n) is 2.60. The molecule has 0 aliphatic heterocycles. The number of benzene rings is 2. The Kier molecular flexibility index (Phi) is 6.45. The molecule has 2 aromatic carbocycles. The van der Waals surface area contributed by atoms with Gasteiger partial charge in [-0.2, -0.15) is 13.2 Å². The van der Waals surface area contributed by atoms with Crippen molar-refractivity contribution in [1.29, 1.82) is 0 Å². The van der Waals surface area contributed by atoms with E-state index in [0.717, 1.165) is 23.4 Å². The van der Waals surface area contributed by atoms with E-state index in [1.807, 2.05) is 31.2 Å². The van der Waals surface area contributed by atoms with E-state index in [9.17, 15) is 18.3 Å². The molecule has 0 saturated carbocycles. The van der Waals surface area contributed by atoms with E-state index in [4.69, 9.17) is 4.74 Å². The van der Waals surface area contributed by atoms with Gasteiger partial charge in [0.25, 0.3) is 0 Å². The van der Waals surface area contributed by atoms with E-state index in [-0.39, 0.29) is 12.6 Å². The van der Waals surface area contributed by atoms with Crippen LogP contribution in [-0.2, 0) is 12.6 Å². The van der Waals surface area contributed by atoms with Crippen molar-refractivity contribution < 1.29 is 23.0 Å². The van der Waals surface area contributed by atoms with Crippen LogP contribution in [0.15, 0.2) is 48.5 Å². The molecular weight excluding hydrogens is 331 g/mol. The normalized spacial score (nSPS) is 14.2. The zero-order valence-electron chi connectivity index (χ0n) is 14.2. The molecule has 0 fully saturated rings. The highest BCUT2D eigenvalue weighted by atomic mass is 19.4. The van der Waals surface area contributed by atoms with Crippen LogP contribution < -0.4 is 10.1 Å². The van der Waals surface area contributed by atoms with Gasteiger partial charge in [-0.15, -0.1) is 0 Å². The average Bonchev–Trinajstić information content (AvgIpc) is 2.59. The van der Waals surface area contributed by atoms with Crippen molar-refractivity contribution in [2.75, 3.05) is 13.7 Å². The number of aliphatic hydroxyl groups is 1. The Morgan fingerprint density at radius 1 is 1.08 bits per heavy atom. The maximum Gasteiger partial charge on any atom is 0.416 e. The van der Waals surface area contributed by atoms with Crippen molar-refractivity contribution in [1.82, 2.24) is 5.32 Å². The van der Waals surface area contributed by atoms with Crippen molar-refractivity contribution in [3.05, 3.63) is 65.2 Å². The lowest BCUT2D eigenvalue weighted by Crippen LogP contribution is -2.32. The highest BCUT2D eigenvalue weighted by Gasteiger charge is 2.30. The van der Waals surface area contributed by atoms with E-state index in [2.05, 4.69) is 5.32 Å². The second-order valence-electron chi connectivity index (χ2n) is 5.96. The minimum atomic E-state index is -4.37. The van der Waals surface area contributed by atoms with Gasteiger partial charge in [-0.05, 0) is 42.7 Å². The molecule has 2 rings (SSSR count). The summed E-state index contributed by atoms with van der Waals surface area (Å²) in [4.78, 5) is 0. The van der Waals surface area contributed by atoms with Crippen LogP contribution in [0.3, 0.4) is 0 Å². The van der Waals surface area contributed by atoms with Crippen LogP contribution in [0.2, 0.25) is 0 Å². The molecular formula is C19H22F3NO2. The number of aliphatic hydroxyl groups excluding tert-OH is 1. The monoisotopic (exact) mass is 353 g/mol. The molecule has 0 saturated heterocycles. The van der Waals surface area contributed by atoms with Gasteiger partial charge in [0.15, 0.2) is 0 Å². The van der Waals surface area contributed by atoms with Gasteiger partial charge in [0.2, 0.25) is 0 Å². The van der Waals surface area contributed by atoms with Crippen LogP contribution in [0.5, 0.6) is 5.75 Å². The first-order valence-electron chi connectivity index (χ1n) is 8.01. The summed E-state index contributed by atoms with van der Waals surface area (Å²) in [5, 5.41) is 13.4. The van der Waals surface area contributed by atoms with Gasteiger partial charge in [0.1, 0.15) is 5.75 Å². The van der Waals surface area contributed by atoms with Crippen LogP contribution in [-0.4, -0.2) is 24.8 Å². The first-order chi connectivity index (χ1) is 11.8. The molecule has 6 heteroatoms. The highest BCUT2D eigenvalue weighted by Crippen LogP contribution is 2.29. The number of hydrogen-bond donors (Lipinski definition) is 2. The minimum Gasteiger partial charge on any atom is -0.496 e. The number of para-hydroxylation sites is 1. The molecule has 0 bridgehead atoms. The van der Waals surface area contributed by atoms with E-state index in [1.54, 1.807) is 7.11 Å². The number of ether oxygens (including phenoxy) is 1. The molecule has 2 aromatic rings. The van der Waals surface area contributed by atoms with Crippen molar-refractivity contribution in [3.63, 3.8) is 0 Å². The summed E-state index contributed by atoms with van der Waals surface area (Å²) < 4.78 is 43.0. The largest absolute Gasteiger partial charge is 0.496 e. The van der Waals surface area contributed by atoms with E-state index in [0.29, 0.717) is 12.0 Å². The summed E-state index contributed by atoms with van der Waals surface area (Å²) in [7, 11) is 1.62. The first kappa shape index (κ1) is 19.3. The molecule has 0 amide bonds. The summed E-state index contributed by atoms with van der Waals surface area (Å²) in [5.74, 6) is 0.805. The Morgan fingerprint density at radius 2 is 1.72 bits per heavy atom. The Balaban J connectivity index is 1.89. The Bertz CT molecular complexity index is 671. The van der Waals surface area contributed by atoms with E-state index >= 15 is 0 Å². The Hall–Kier alpha value is -2.05. The predicted octanol–water partition coefficient (Wildman–Crippen LogP) is 3.97. The van der Waals surface area contributed by atoms with Gasteiger partial charge in [-0.3, -0.25) is 0 Å². The quantitative estimate of drug-likeness (QED) is 0.791. The van der Waals surface area contributed by atoms with E-state index < -0.39 is 17.8 Å². The molecule has 2 N–H and O–H groups in total. The second kappa shape index (κ2) is 8.36. The lowest BCUT2D eigenvalue weighted by molar-refractivity contribution is -0.137. The summed E-state index contributed by atoms with van der Waals surface area (Å²) in [5.41, 5.74) is 0.778. The smallest absolute Gasteiger partial charge is 0.416 e. The fourth-order valence-corrected chi connectivity index (χ4v) is 2.60. The molecule has 0 aliphatic carbocycles. The van der Waals surface area contributed by atoms with Crippen molar-refractivity contribution in [2.45, 2.75) is 31.7 Å². The third-order valence-corrected chi connectivity index (χ3v) is 4.00. The van der Waals surface area contributed by atoms with Gasteiger partial charge in [0, 0.05) is 12.6 Å². The maximum atomic E-state index is 12.6. The molecule has 0 aromatic heterocycles. The van der Waals surface area contributed by atoms with Gasteiger partial charge in [-0.25, -0.2) is 0 Å². The SMILES string of the molecule is COc1ccccc1C[C@@H](C)NC[C@H](O)c1ccc(C(F)(F)F)cc1. The van der Waals surface area contributed by atoms with Gasteiger partial charge in [0.05, 0.1) is 18.8 Å². The number of rotatable bonds is 7. The molecule has 2 atom stereocenters. The highest BCUT2D eigenvalue weighted by molar-refractivity contribution is 5.33. The third-order valence-electron chi connectivity index (χ3n) is 4.00. The molecule has 3 nitrogen and oxygen atoms in total. The van der Waals surface area contributed by atoms with Gasteiger partial charge in [-0.1, -0.05) is 30.3 Å².